The molecule has 0 N–H and O–H groups in total. The van der Waals surface area contributed by atoms with Crippen LogP contribution in [0.4, 0.5) is 5.82 Å². The number of piperazine rings is 1. The fraction of sp³-hybridized carbons (Fsp3) is 0.462. The number of ether oxygens (including phenoxy) is 1. The Hall–Kier alpha value is -2.44. The van der Waals surface area contributed by atoms with E-state index in [0.717, 1.165) is 56.2 Å². The third-order valence-corrected chi connectivity index (χ3v) is 7.46. The summed E-state index contributed by atoms with van der Waals surface area (Å²) in [6, 6.07) is 13.1. The van der Waals surface area contributed by atoms with E-state index in [1.807, 2.05) is 0 Å². The third-order valence-electron chi connectivity index (χ3n) is 6.53. The number of rotatable bonds is 7. The van der Waals surface area contributed by atoms with Gasteiger partial charge in [-0.1, -0.05) is 45.0 Å². The van der Waals surface area contributed by atoms with E-state index in [4.69, 9.17) is 9.72 Å². The van der Waals surface area contributed by atoms with Crippen molar-refractivity contribution in [2.24, 2.45) is 0 Å². The molecule has 0 unspecified atom stereocenters. The molecule has 3 aromatic rings. The Kier molecular flexibility index (Phi) is 6.82. The van der Waals surface area contributed by atoms with Gasteiger partial charge >= 0.3 is 5.97 Å². The second kappa shape index (κ2) is 9.59. The molecule has 1 aromatic carbocycles. The highest BCUT2D eigenvalue weighted by Crippen LogP contribution is 2.35. The number of pyridine rings is 1. The summed E-state index contributed by atoms with van der Waals surface area (Å²) >= 11 is 1.78. The van der Waals surface area contributed by atoms with Crippen molar-refractivity contribution in [3.8, 4) is 11.3 Å². The lowest BCUT2D eigenvalue weighted by molar-refractivity contribution is -0.141. The molecule has 0 saturated carbocycles. The molecule has 4 rings (SSSR count). The Morgan fingerprint density at radius 2 is 1.84 bits per heavy atom. The van der Waals surface area contributed by atoms with Gasteiger partial charge in [0.25, 0.3) is 0 Å². The van der Waals surface area contributed by atoms with E-state index in [9.17, 15) is 4.79 Å². The Bertz CT molecular complexity index is 1070. The van der Waals surface area contributed by atoms with Crippen LogP contribution in [0.15, 0.2) is 41.8 Å². The van der Waals surface area contributed by atoms with Crippen molar-refractivity contribution < 1.29 is 9.53 Å². The topological polar surface area (TPSA) is 45.7 Å². The Morgan fingerprint density at radius 1 is 1.12 bits per heavy atom. The van der Waals surface area contributed by atoms with Crippen LogP contribution in [0.1, 0.15) is 39.7 Å². The Labute approximate surface area is 195 Å². The van der Waals surface area contributed by atoms with Crippen LogP contribution < -0.4 is 4.90 Å². The zero-order valence-electron chi connectivity index (χ0n) is 19.6. The fourth-order valence-electron chi connectivity index (χ4n) is 4.28. The molecular weight excluding hydrogens is 418 g/mol. The molecule has 0 atom stereocenters. The number of hydrogen-bond donors (Lipinski definition) is 0. The second-order valence-electron chi connectivity index (χ2n) is 9.14. The van der Waals surface area contributed by atoms with Gasteiger partial charge in [-0.05, 0) is 46.8 Å². The van der Waals surface area contributed by atoms with E-state index in [-0.39, 0.29) is 11.4 Å². The van der Waals surface area contributed by atoms with Gasteiger partial charge in [0.1, 0.15) is 5.82 Å². The Balaban J connectivity index is 1.58. The highest BCUT2D eigenvalue weighted by atomic mass is 32.1. The molecule has 0 amide bonds. The van der Waals surface area contributed by atoms with E-state index < -0.39 is 0 Å². The molecule has 1 saturated heterocycles. The van der Waals surface area contributed by atoms with Crippen molar-refractivity contribution in [2.75, 3.05) is 44.2 Å². The van der Waals surface area contributed by atoms with Crippen molar-refractivity contribution in [3.05, 3.63) is 47.3 Å². The molecule has 3 heterocycles. The lowest BCUT2D eigenvalue weighted by Crippen LogP contribution is -2.46. The zero-order valence-corrected chi connectivity index (χ0v) is 20.4. The predicted octanol–water partition coefficient (Wildman–Crippen LogP) is 5.34. The number of nitrogens with zero attached hydrogens (tertiary/aromatic N) is 3. The van der Waals surface area contributed by atoms with Crippen LogP contribution in [0.3, 0.4) is 0 Å². The summed E-state index contributed by atoms with van der Waals surface area (Å²) in [5.74, 6) is 0.895. The summed E-state index contributed by atoms with van der Waals surface area (Å²) in [7, 11) is 0. The number of esters is 1. The number of thiophene rings is 1. The van der Waals surface area contributed by atoms with Crippen molar-refractivity contribution >= 4 is 33.2 Å². The van der Waals surface area contributed by atoms with E-state index in [1.54, 1.807) is 11.3 Å². The smallest absolute Gasteiger partial charge is 0.302 e. The number of carbonyl (C=O) groups is 1. The van der Waals surface area contributed by atoms with E-state index in [0.29, 0.717) is 6.61 Å². The number of carbonyl (C=O) groups excluding carboxylic acids is 1. The summed E-state index contributed by atoms with van der Waals surface area (Å²) < 4.78 is 6.43. The SMILES string of the molecule is CCN1CCN(c2nc(-c3ccc(C(C)(C)CCOC(C)=O)cc3)cc3ccsc23)CC1. The summed E-state index contributed by atoms with van der Waals surface area (Å²) in [6.45, 7) is 13.8. The van der Waals surface area contributed by atoms with Crippen LogP contribution in [-0.2, 0) is 14.9 Å². The minimum absolute atomic E-state index is 0.0666. The fourth-order valence-corrected chi connectivity index (χ4v) is 5.18. The number of benzene rings is 1. The molecule has 1 fully saturated rings. The van der Waals surface area contributed by atoms with Crippen LogP contribution in [0.25, 0.3) is 21.3 Å². The lowest BCUT2D eigenvalue weighted by Gasteiger charge is -2.35. The standard InChI is InChI=1S/C26H33N3O2S/c1-5-28-12-14-29(15-13-28)25-24-21(10-17-32-24)18-23(27-25)20-6-8-22(9-7-20)26(3,4)11-16-31-19(2)30/h6-10,17-18H,5,11-16H2,1-4H3. The summed E-state index contributed by atoms with van der Waals surface area (Å²) in [6.07, 6.45) is 0.791. The van der Waals surface area contributed by atoms with Gasteiger partial charge < -0.3 is 14.5 Å². The molecular formula is C26H33N3O2S. The van der Waals surface area contributed by atoms with Gasteiger partial charge in [0.2, 0.25) is 0 Å². The first-order chi connectivity index (χ1) is 15.4. The van der Waals surface area contributed by atoms with Gasteiger partial charge in [-0.15, -0.1) is 11.3 Å². The molecule has 2 aromatic heterocycles. The molecule has 1 aliphatic heterocycles. The molecule has 6 heteroatoms. The van der Waals surface area contributed by atoms with Crippen LogP contribution in [0.5, 0.6) is 0 Å². The average molecular weight is 452 g/mol. The number of aromatic nitrogens is 1. The number of hydrogen-bond acceptors (Lipinski definition) is 6. The summed E-state index contributed by atoms with van der Waals surface area (Å²) in [4.78, 5) is 21.2. The van der Waals surface area contributed by atoms with E-state index in [1.165, 1.54) is 22.6 Å². The van der Waals surface area contributed by atoms with Gasteiger partial charge in [0.05, 0.1) is 17.0 Å². The minimum Gasteiger partial charge on any atom is -0.466 e. The maximum absolute atomic E-state index is 11.1. The van der Waals surface area contributed by atoms with Crippen LogP contribution in [0.2, 0.25) is 0 Å². The van der Waals surface area contributed by atoms with Gasteiger partial charge in [-0.2, -0.15) is 0 Å². The maximum Gasteiger partial charge on any atom is 0.302 e. The van der Waals surface area contributed by atoms with E-state index >= 15 is 0 Å². The Morgan fingerprint density at radius 3 is 2.50 bits per heavy atom. The van der Waals surface area contributed by atoms with Gasteiger partial charge in [0.15, 0.2) is 0 Å². The van der Waals surface area contributed by atoms with Crippen molar-refractivity contribution in [1.82, 2.24) is 9.88 Å². The van der Waals surface area contributed by atoms with Gasteiger partial charge in [-0.25, -0.2) is 4.98 Å². The van der Waals surface area contributed by atoms with Crippen LogP contribution in [-0.4, -0.2) is 55.2 Å². The van der Waals surface area contributed by atoms with Crippen LogP contribution in [0, 0.1) is 0 Å². The van der Waals surface area contributed by atoms with Gasteiger partial charge in [-0.3, -0.25) is 4.79 Å². The molecule has 32 heavy (non-hydrogen) atoms. The minimum atomic E-state index is -0.224. The molecule has 170 valence electrons. The quantitative estimate of drug-likeness (QED) is 0.454. The monoisotopic (exact) mass is 451 g/mol. The van der Waals surface area contributed by atoms with Crippen molar-refractivity contribution in [3.63, 3.8) is 0 Å². The molecule has 5 nitrogen and oxygen atoms in total. The number of anilines is 1. The van der Waals surface area contributed by atoms with E-state index in [2.05, 4.69) is 72.3 Å². The van der Waals surface area contributed by atoms with Crippen LogP contribution >= 0.6 is 11.3 Å². The first-order valence-corrected chi connectivity index (χ1v) is 12.3. The van der Waals surface area contributed by atoms with Crippen molar-refractivity contribution in [2.45, 2.75) is 39.5 Å². The predicted molar refractivity (Wildman–Crippen MR) is 134 cm³/mol. The molecule has 0 spiro atoms. The highest BCUT2D eigenvalue weighted by Gasteiger charge is 2.22. The first kappa shape index (κ1) is 22.7. The largest absolute Gasteiger partial charge is 0.466 e. The highest BCUT2D eigenvalue weighted by molar-refractivity contribution is 7.17. The third kappa shape index (κ3) is 4.97. The summed E-state index contributed by atoms with van der Waals surface area (Å²) in [5.41, 5.74) is 3.32. The summed E-state index contributed by atoms with van der Waals surface area (Å²) in [5, 5.41) is 3.43. The maximum atomic E-state index is 11.1. The molecule has 0 bridgehead atoms. The lowest BCUT2D eigenvalue weighted by atomic mass is 9.81. The number of fused-ring (bicyclic) bond motifs is 1. The first-order valence-electron chi connectivity index (χ1n) is 11.5. The normalized spacial score (nSPS) is 15.3. The zero-order chi connectivity index (χ0) is 22.7. The van der Waals surface area contributed by atoms with Crippen molar-refractivity contribution in [1.29, 1.82) is 0 Å². The molecule has 0 aliphatic carbocycles. The average Bonchev–Trinajstić information content (AvgIpc) is 3.27. The molecule has 0 radical (unpaired) electrons. The number of likely N-dealkylation sites (N-methyl/N-ethyl adjacent to an activating group) is 1. The second-order valence-corrected chi connectivity index (χ2v) is 10.1. The molecule has 1 aliphatic rings. The van der Waals surface area contributed by atoms with Gasteiger partial charge in [0, 0.05) is 38.7 Å².